The number of hydrogen-bond donors (Lipinski definition) is 0. The van der Waals surface area contributed by atoms with Crippen LogP contribution in [0.4, 0.5) is 4.39 Å². The van der Waals surface area contributed by atoms with Gasteiger partial charge in [-0.3, -0.25) is 4.90 Å². The molecule has 1 heterocycles. The van der Waals surface area contributed by atoms with Crippen LogP contribution in [0, 0.1) is 17.7 Å². The molecule has 2 aliphatic rings. The molecule has 1 saturated heterocycles. The summed E-state index contributed by atoms with van der Waals surface area (Å²) in [4.78, 5) is 2.51. The summed E-state index contributed by atoms with van der Waals surface area (Å²) in [6, 6.07) is 6.48. The van der Waals surface area contributed by atoms with Crippen molar-refractivity contribution in [3.05, 3.63) is 35.6 Å². The highest BCUT2D eigenvalue weighted by Gasteiger charge is 2.37. The minimum Gasteiger partial charge on any atom is -0.379 e. The van der Waals surface area contributed by atoms with Gasteiger partial charge in [-0.05, 0) is 37.1 Å². The number of hydrogen-bond acceptors (Lipinski definition) is 2. The molecule has 1 aliphatic heterocycles. The first kappa shape index (κ1) is 14.6. The Morgan fingerprint density at radius 1 is 1.00 bits per heavy atom. The third-order valence-electron chi connectivity index (χ3n) is 4.58. The number of morpholine rings is 1. The Morgan fingerprint density at radius 3 is 2.33 bits per heavy atom. The Morgan fingerprint density at radius 2 is 1.67 bits per heavy atom. The van der Waals surface area contributed by atoms with E-state index in [9.17, 15) is 4.39 Å². The summed E-state index contributed by atoms with van der Waals surface area (Å²) in [6.45, 7) is 3.55. The Hall–Kier alpha value is -1.37. The predicted octanol–water partition coefficient (Wildman–Crippen LogP) is 3.21. The van der Waals surface area contributed by atoms with Crippen LogP contribution in [0.2, 0.25) is 0 Å². The molecule has 2 nitrogen and oxygen atoms in total. The molecule has 3 rings (SSSR count). The van der Waals surface area contributed by atoms with Crippen molar-refractivity contribution >= 4 is 0 Å². The SMILES string of the molecule is Fc1ccc(C#CC2(N3CCOCC3)CCCCC2)cc1. The van der Waals surface area contributed by atoms with E-state index in [0.717, 1.165) is 44.7 Å². The van der Waals surface area contributed by atoms with Gasteiger partial charge in [-0.1, -0.05) is 31.1 Å². The number of benzene rings is 1. The zero-order valence-electron chi connectivity index (χ0n) is 12.4. The van der Waals surface area contributed by atoms with Crippen molar-refractivity contribution in [2.45, 2.75) is 37.6 Å². The highest BCUT2D eigenvalue weighted by atomic mass is 19.1. The van der Waals surface area contributed by atoms with Gasteiger partial charge in [0.25, 0.3) is 0 Å². The van der Waals surface area contributed by atoms with Crippen LogP contribution in [0.3, 0.4) is 0 Å². The molecule has 0 radical (unpaired) electrons. The molecule has 0 bridgehead atoms. The molecule has 21 heavy (non-hydrogen) atoms. The van der Waals surface area contributed by atoms with Gasteiger partial charge in [-0.25, -0.2) is 4.39 Å². The number of nitrogens with zero attached hydrogens (tertiary/aromatic N) is 1. The molecule has 0 spiro atoms. The summed E-state index contributed by atoms with van der Waals surface area (Å²) < 4.78 is 18.5. The number of rotatable bonds is 1. The molecule has 0 amide bonds. The van der Waals surface area contributed by atoms with Crippen molar-refractivity contribution < 1.29 is 9.13 Å². The van der Waals surface area contributed by atoms with Gasteiger partial charge in [0.1, 0.15) is 5.82 Å². The second kappa shape index (κ2) is 6.60. The van der Waals surface area contributed by atoms with Crippen LogP contribution in [0.5, 0.6) is 0 Å². The summed E-state index contributed by atoms with van der Waals surface area (Å²) >= 11 is 0. The summed E-state index contributed by atoms with van der Waals surface area (Å²) in [5.41, 5.74) is 0.894. The molecular formula is C18H22FNO. The first-order valence-corrected chi connectivity index (χ1v) is 7.90. The highest BCUT2D eigenvalue weighted by molar-refractivity contribution is 5.37. The highest BCUT2D eigenvalue weighted by Crippen LogP contribution is 2.33. The van der Waals surface area contributed by atoms with Gasteiger partial charge in [0.15, 0.2) is 0 Å². The van der Waals surface area contributed by atoms with E-state index in [2.05, 4.69) is 16.7 Å². The molecule has 2 fully saturated rings. The van der Waals surface area contributed by atoms with Crippen molar-refractivity contribution in [1.29, 1.82) is 0 Å². The average molecular weight is 287 g/mol. The minimum absolute atomic E-state index is 0.00356. The maximum atomic E-state index is 13.0. The molecule has 1 saturated carbocycles. The lowest BCUT2D eigenvalue weighted by molar-refractivity contribution is -0.0141. The van der Waals surface area contributed by atoms with E-state index in [-0.39, 0.29) is 11.4 Å². The second-order valence-corrected chi connectivity index (χ2v) is 5.95. The smallest absolute Gasteiger partial charge is 0.123 e. The fraction of sp³-hybridized carbons (Fsp3) is 0.556. The van der Waals surface area contributed by atoms with Crippen LogP contribution < -0.4 is 0 Å². The number of ether oxygens (including phenoxy) is 1. The van der Waals surface area contributed by atoms with E-state index >= 15 is 0 Å². The summed E-state index contributed by atoms with van der Waals surface area (Å²) in [6.07, 6.45) is 6.08. The zero-order valence-corrected chi connectivity index (χ0v) is 12.4. The van der Waals surface area contributed by atoms with Gasteiger partial charge in [-0.2, -0.15) is 0 Å². The lowest BCUT2D eigenvalue weighted by atomic mass is 9.80. The van der Waals surface area contributed by atoms with Gasteiger partial charge >= 0.3 is 0 Å². The summed E-state index contributed by atoms with van der Waals surface area (Å²) in [5.74, 6) is 6.61. The van der Waals surface area contributed by atoms with Gasteiger partial charge in [0.2, 0.25) is 0 Å². The van der Waals surface area contributed by atoms with Gasteiger partial charge in [-0.15, -0.1) is 0 Å². The van der Waals surface area contributed by atoms with Crippen LogP contribution >= 0.6 is 0 Å². The Labute approximate surface area is 126 Å². The molecule has 1 aliphatic carbocycles. The molecule has 0 unspecified atom stereocenters. The molecule has 1 aromatic rings. The van der Waals surface area contributed by atoms with E-state index < -0.39 is 0 Å². The van der Waals surface area contributed by atoms with Crippen LogP contribution in [-0.4, -0.2) is 36.7 Å². The maximum Gasteiger partial charge on any atom is 0.123 e. The fourth-order valence-corrected chi connectivity index (χ4v) is 3.37. The normalized spacial score (nSPS) is 22.3. The topological polar surface area (TPSA) is 12.5 Å². The van der Waals surface area contributed by atoms with Gasteiger partial charge < -0.3 is 4.74 Å². The van der Waals surface area contributed by atoms with Gasteiger partial charge in [0, 0.05) is 18.7 Å². The minimum atomic E-state index is -0.207. The van der Waals surface area contributed by atoms with Crippen molar-refractivity contribution in [1.82, 2.24) is 4.90 Å². The Kier molecular flexibility index (Phi) is 4.57. The molecule has 3 heteroatoms. The Bertz CT molecular complexity index is 516. The zero-order chi connectivity index (χ0) is 14.5. The average Bonchev–Trinajstić information content (AvgIpc) is 2.56. The first-order chi connectivity index (χ1) is 10.3. The predicted molar refractivity (Wildman–Crippen MR) is 81.5 cm³/mol. The molecular weight excluding hydrogens is 265 g/mol. The molecule has 0 aromatic heterocycles. The lowest BCUT2D eigenvalue weighted by Crippen LogP contribution is -2.53. The van der Waals surface area contributed by atoms with Crippen molar-refractivity contribution in [2.24, 2.45) is 0 Å². The standard InChI is InChI=1S/C18H22FNO/c19-17-6-4-16(5-7-17)8-11-18(9-2-1-3-10-18)20-12-14-21-15-13-20/h4-7H,1-3,9-10,12-15H2. The van der Waals surface area contributed by atoms with Crippen molar-refractivity contribution in [3.8, 4) is 11.8 Å². The summed E-state index contributed by atoms with van der Waals surface area (Å²) in [7, 11) is 0. The van der Waals surface area contributed by atoms with E-state index in [0.29, 0.717) is 0 Å². The number of halogens is 1. The van der Waals surface area contributed by atoms with Crippen molar-refractivity contribution in [3.63, 3.8) is 0 Å². The lowest BCUT2D eigenvalue weighted by Gasteiger charge is -2.44. The third kappa shape index (κ3) is 3.45. The fourth-order valence-electron chi connectivity index (χ4n) is 3.37. The van der Waals surface area contributed by atoms with Crippen molar-refractivity contribution in [2.75, 3.05) is 26.3 Å². The molecule has 1 aromatic carbocycles. The second-order valence-electron chi connectivity index (χ2n) is 5.95. The maximum absolute atomic E-state index is 13.0. The largest absolute Gasteiger partial charge is 0.379 e. The third-order valence-corrected chi connectivity index (χ3v) is 4.58. The Balaban J connectivity index is 1.83. The molecule has 0 N–H and O–H groups in total. The molecule has 112 valence electrons. The van der Waals surface area contributed by atoms with E-state index in [1.54, 1.807) is 12.1 Å². The van der Waals surface area contributed by atoms with E-state index in [1.165, 1.54) is 31.4 Å². The monoisotopic (exact) mass is 287 g/mol. The summed E-state index contributed by atoms with van der Waals surface area (Å²) in [5, 5.41) is 0. The quantitative estimate of drug-likeness (QED) is 0.735. The van der Waals surface area contributed by atoms with Crippen LogP contribution in [-0.2, 0) is 4.74 Å². The first-order valence-electron chi connectivity index (χ1n) is 7.90. The van der Waals surface area contributed by atoms with Gasteiger partial charge in [0.05, 0.1) is 18.8 Å². The molecule has 0 atom stereocenters. The van der Waals surface area contributed by atoms with Crippen LogP contribution in [0.1, 0.15) is 37.7 Å². The van der Waals surface area contributed by atoms with E-state index in [4.69, 9.17) is 4.74 Å². The van der Waals surface area contributed by atoms with Crippen LogP contribution in [0.15, 0.2) is 24.3 Å². The van der Waals surface area contributed by atoms with Crippen LogP contribution in [0.25, 0.3) is 0 Å². The van der Waals surface area contributed by atoms with E-state index in [1.807, 2.05) is 0 Å².